The van der Waals surface area contributed by atoms with Crippen molar-refractivity contribution in [3.63, 3.8) is 0 Å². The van der Waals surface area contributed by atoms with Gasteiger partial charge in [-0.15, -0.1) is 10.2 Å². The Bertz CT molecular complexity index is 1350. The second kappa shape index (κ2) is 10.4. The van der Waals surface area contributed by atoms with E-state index in [4.69, 9.17) is 14.3 Å². The highest BCUT2D eigenvalue weighted by Crippen LogP contribution is 2.28. The van der Waals surface area contributed by atoms with Gasteiger partial charge in [-0.2, -0.15) is 0 Å². The number of anilines is 1. The predicted molar refractivity (Wildman–Crippen MR) is 131 cm³/mol. The van der Waals surface area contributed by atoms with E-state index in [0.29, 0.717) is 35.3 Å². The fourth-order valence-electron chi connectivity index (χ4n) is 4.04. The van der Waals surface area contributed by atoms with Gasteiger partial charge in [0.1, 0.15) is 18.9 Å². The number of benzene rings is 3. The Hall–Kier alpha value is -4.50. The minimum atomic E-state index is -0.296. The molecular formula is C27H24N4O5. The maximum Gasteiger partial charge on any atom is 0.258 e. The molecule has 182 valence electrons. The SMILES string of the molecule is O=C1CN(C(=O)c2ccc(OCCO)cc2)c2ccccc2CN1Cc1nnc(-c2ccccc2)o1. The standard InChI is InChI=1S/C27H24N4O5/c32-14-15-35-22-12-10-20(11-13-22)27(34)31-18-25(33)30(16-21-8-4-5-9-23(21)31)17-24-28-29-26(36-24)19-6-2-1-3-7-19/h1-13,32H,14-18H2. The summed E-state index contributed by atoms with van der Waals surface area (Å²) in [5.41, 5.74) is 2.73. The van der Waals surface area contributed by atoms with Crippen molar-refractivity contribution in [1.82, 2.24) is 15.1 Å². The van der Waals surface area contributed by atoms with Crippen LogP contribution in [0.3, 0.4) is 0 Å². The number of hydrogen-bond donors (Lipinski definition) is 1. The van der Waals surface area contributed by atoms with E-state index in [1.165, 1.54) is 4.90 Å². The van der Waals surface area contributed by atoms with E-state index in [2.05, 4.69) is 10.2 Å². The van der Waals surface area contributed by atoms with Crippen molar-refractivity contribution in [2.24, 2.45) is 0 Å². The number of nitrogens with zero attached hydrogens (tertiary/aromatic N) is 4. The van der Waals surface area contributed by atoms with E-state index in [1.807, 2.05) is 54.6 Å². The molecule has 0 fully saturated rings. The molecule has 4 aromatic rings. The molecule has 2 amide bonds. The maximum absolute atomic E-state index is 13.4. The summed E-state index contributed by atoms with van der Waals surface area (Å²) in [6, 6.07) is 23.5. The molecule has 0 radical (unpaired) electrons. The van der Waals surface area contributed by atoms with Crippen molar-refractivity contribution in [2.75, 3.05) is 24.7 Å². The zero-order valence-corrected chi connectivity index (χ0v) is 19.4. The van der Waals surface area contributed by atoms with E-state index in [9.17, 15) is 9.59 Å². The van der Waals surface area contributed by atoms with Crippen LogP contribution in [0.25, 0.3) is 11.5 Å². The first-order chi connectivity index (χ1) is 17.6. The number of aliphatic hydroxyl groups is 1. The molecule has 5 rings (SSSR count). The van der Waals surface area contributed by atoms with Crippen LogP contribution in [0.5, 0.6) is 5.75 Å². The lowest BCUT2D eigenvalue weighted by molar-refractivity contribution is -0.131. The first kappa shape index (κ1) is 23.3. The average Bonchev–Trinajstić information content (AvgIpc) is 3.34. The Morgan fingerprint density at radius 3 is 2.47 bits per heavy atom. The number of hydrogen-bond acceptors (Lipinski definition) is 7. The number of aliphatic hydroxyl groups excluding tert-OH is 1. The van der Waals surface area contributed by atoms with Gasteiger partial charge in [-0.25, -0.2) is 0 Å². The largest absolute Gasteiger partial charge is 0.491 e. The number of carbonyl (C=O) groups is 2. The molecule has 0 saturated carbocycles. The molecule has 0 saturated heterocycles. The molecule has 36 heavy (non-hydrogen) atoms. The van der Waals surface area contributed by atoms with Crippen LogP contribution in [0.2, 0.25) is 0 Å². The number of carbonyl (C=O) groups excluding carboxylic acids is 2. The van der Waals surface area contributed by atoms with Gasteiger partial charge in [0.05, 0.1) is 13.2 Å². The molecule has 1 aliphatic rings. The van der Waals surface area contributed by atoms with Gasteiger partial charge in [0.2, 0.25) is 17.7 Å². The minimum Gasteiger partial charge on any atom is -0.491 e. The molecule has 0 aliphatic carbocycles. The van der Waals surface area contributed by atoms with Crippen molar-refractivity contribution in [3.8, 4) is 17.2 Å². The third kappa shape index (κ3) is 4.96. The van der Waals surface area contributed by atoms with Gasteiger partial charge in [-0.1, -0.05) is 36.4 Å². The summed E-state index contributed by atoms with van der Waals surface area (Å²) in [4.78, 5) is 29.8. The normalized spacial score (nSPS) is 13.3. The second-order valence-corrected chi connectivity index (χ2v) is 8.23. The fourth-order valence-corrected chi connectivity index (χ4v) is 4.04. The van der Waals surface area contributed by atoms with Gasteiger partial charge in [-0.05, 0) is 48.0 Å². The quantitative estimate of drug-likeness (QED) is 0.429. The summed E-state index contributed by atoms with van der Waals surface area (Å²) in [5.74, 6) is 0.723. The molecule has 0 bridgehead atoms. The average molecular weight is 485 g/mol. The Morgan fingerprint density at radius 2 is 1.69 bits per heavy atom. The monoisotopic (exact) mass is 484 g/mol. The zero-order valence-electron chi connectivity index (χ0n) is 19.4. The molecule has 1 aromatic heterocycles. The molecule has 1 aliphatic heterocycles. The molecular weight excluding hydrogens is 460 g/mol. The first-order valence-electron chi connectivity index (χ1n) is 11.5. The van der Waals surface area contributed by atoms with Gasteiger partial charge in [-0.3, -0.25) is 14.5 Å². The molecule has 2 heterocycles. The number of aromatic nitrogens is 2. The van der Waals surface area contributed by atoms with Crippen LogP contribution < -0.4 is 9.64 Å². The lowest BCUT2D eigenvalue weighted by atomic mass is 10.1. The van der Waals surface area contributed by atoms with Gasteiger partial charge >= 0.3 is 0 Å². The van der Waals surface area contributed by atoms with Crippen LogP contribution in [0.1, 0.15) is 21.8 Å². The van der Waals surface area contributed by atoms with Crippen LogP contribution in [-0.2, 0) is 17.9 Å². The van der Waals surface area contributed by atoms with Crippen molar-refractivity contribution < 1.29 is 23.8 Å². The van der Waals surface area contributed by atoms with Gasteiger partial charge < -0.3 is 19.2 Å². The summed E-state index contributed by atoms with van der Waals surface area (Å²) in [6.45, 7) is 0.380. The second-order valence-electron chi connectivity index (χ2n) is 8.23. The maximum atomic E-state index is 13.4. The Labute approximate surface area is 207 Å². The van der Waals surface area contributed by atoms with Crippen molar-refractivity contribution in [3.05, 3.63) is 95.9 Å². The van der Waals surface area contributed by atoms with Gasteiger partial charge in [0, 0.05) is 23.4 Å². The van der Waals surface area contributed by atoms with Gasteiger partial charge in [0.15, 0.2) is 0 Å². The lowest BCUT2D eigenvalue weighted by Crippen LogP contribution is -2.40. The van der Waals surface area contributed by atoms with E-state index in [-0.39, 0.29) is 38.1 Å². The van der Waals surface area contributed by atoms with Crippen molar-refractivity contribution in [2.45, 2.75) is 13.1 Å². The molecule has 0 unspecified atom stereocenters. The van der Waals surface area contributed by atoms with E-state index < -0.39 is 0 Å². The Kier molecular flexibility index (Phi) is 6.72. The number of para-hydroxylation sites is 1. The zero-order chi connectivity index (χ0) is 24.9. The summed E-state index contributed by atoms with van der Waals surface area (Å²) in [5, 5.41) is 17.1. The summed E-state index contributed by atoms with van der Waals surface area (Å²) in [6.07, 6.45) is 0. The summed E-state index contributed by atoms with van der Waals surface area (Å²) >= 11 is 0. The number of fused-ring (bicyclic) bond motifs is 1. The lowest BCUT2D eigenvalue weighted by Gasteiger charge is -2.22. The van der Waals surface area contributed by atoms with E-state index in [1.54, 1.807) is 29.2 Å². The van der Waals surface area contributed by atoms with Crippen molar-refractivity contribution in [1.29, 1.82) is 0 Å². The minimum absolute atomic E-state index is 0.0962. The Balaban J connectivity index is 1.37. The summed E-state index contributed by atoms with van der Waals surface area (Å²) < 4.78 is 11.2. The molecule has 1 N–H and O–H groups in total. The smallest absolute Gasteiger partial charge is 0.258 e. The third-order valence-corrected chi connectivity index (χ3v) is 5.81. The van der Waals surface area contributed by atoms with Gasteiger partial charge in [0.25, 0.3) is 5.91 Å². The summed E-state index contributed by atoms with van der Waals surface area (Å²) in [7, 11) is 0. The molecule has 9 nitrogen and oxygen atoms in total. The highest BCUT2D eigenvalue weighted by atomic mass is 16.5. The number of rotatable bonds is 7. The Morgan fingerprint density at radius 1 is 0.944 bits per heavy atom. The molecule has 3 aromatic carbocycles. The fraction of sp³-hybridized carbons (Fsp3) is 0.185. The van der Waals surface area contributed by atoms with Crippen LogP contribution >= 0.6 is 0 Å². The predicted octanol–water partition coefficient (Wildman–Crippen LogP) is 3.30. The van der Waals surface area contributed by atoms with Crippen molar-refractivity contribution >= 4 is 17.5 Å². The molecule has 9 heteroatoms. The van der Waals surface area contributed by atoms with Crippen LogP contribution in [0, 0.1) is 0 Å². The highest BCUT2D eigenvalue weighted by molar-refractivity contribution is 6.09. The van der Waals surface area contributed by atoms with Crippen LogP contribution in [0.15, 0.2) is 83.3 Å². The molecule has 0 atom stereocenters. The number of ether oxygens (including phenoxy) is 1. The van der Waals surface area contributed by atoms with E-state index >= 15 is 0 Å². The van der Waals surface area contributed by atoms with Crippen LogP contribution in [-0.4, -0.2) is 51.8 Å². The van der Waals surface area contributed by atoms with E-state index in [0.717, 1.165) is 11.1 Å². The molecule has 0 spiro atoms. The topological polar surface area (TPSA) is 109 Å². The van der Waals surface area contributed by atoms with Crippen LogP contribution in [0.4, 0.5) is 5.69 Å². The highest BCUT2D eigenvalue weighted by Gasteiger charge is 2.30. The first-order valence-corrected chi connectivity index (χ1v) is 11.5. The number of amides is 2. The third-order valence-electron chi connectivity index (χ3n) is 5.81.